The predicted molar refractivity (Wildman–Crippen MR) is 103 cm³/mol. The molecule has 138 valence electrons. The van der Waals surface area contributed by atoms with E-state index in [1.165, 1.54) is 17.5 Å². The van der Waals surface area contributed by atoms with Gasteiger partial charge in [-0.2, -0.15) is 0 Å². The van der Waals surface area contributed by atoms with Gasteiger partial charge in [0.15, 0.2) is 0 Å². The lowest BCUT2D eigenvalue weighted by Crippen LogP contribution is -2.44. The molecular weight excluding hydrogens is 338 g/mol. The van der Waals surface area contributed by atoms with E-state index in [1.807, 2.05) is 24.3 Å². The molecule has 0 aliphatic heterocycles. The van der Waals surface area contributed by atoms with Crippen LogP contribution in [-0.2, 0) is 12.8 Å². The molecular formula is C21H23N5O. The first-order valence-corrected chi connectivity index (χ1v) is 9.47. The quantitative estimate of drug-likeness (QED) is 0.701. The minimum Gasteiger partial charge on any atom is -0.335 e. The molecule has 1 aliphatic rings. The topological polar surface area (TPSA) is 63.9 Å². The van der Waals surface area contributed by atoms with Gasteiger partial charge in [0.25, 0.3) is 5.91 Å². The summed E-state index contributed by atoms with van der Waals surface area (Å²) in [4.78, 5) is 15.4. The minimum absolute atomic E-state index is 0.0798. The highest BCUT2D eigenvalue weighted by Crippen LogP contribution is 2.26. The van der Waals surface area contributed by atoms with Gasteiger partial charge in [0.2, 0.25) is 0 Å². The second-order valence-corrected chi connectivity index (χ2v) is 6.97. The molecule has 0 fully saturated rings. The van der Waals surface area contributed by atoms with E-state index in [-0.39, 0.29) is 11.9 Å². The first-order valence-electron chi connectivity index (χ1n) is 9.47. The fraction of sp³-hybridized carbons (Fsp3) is 0.333. The number of aromatic nitrogens is 4. The van der Waals surface area contributed by atoms with Crippen LogP contribution >= 0.6 is 0 Å². The average Bonchev–Trinajstić information content (AvgIpc) is 3.26. The zero-order chi connectivity index (χ0) is 18.6. The Hall–Kier alpha value is -3.02. The van der Waals surface area contributed by atoms with Crippen LogP contribution in [0.1, 0.15) is 41.3 Å². The Morgan fingerprint density at radius 1 is 1.19 bits per heavy atom. The lowest BCUT2D eigenvalue weighted by Gasteiger charge is -2.35. The van der Waals surface area contributed by atoms with E-state index in [2.05, 4.69) is 51.6 Å². The third-order valence-electron chi connectivity index (χ3n) is 5.19. The Balaban J connectivity index is 1.59. The van der Waals surface area contributed by atoms with E-state index >= 15 is 0 Å². The van der Waals surface area contributed by atoms with E-state index in [0.717, 1.165) is 37.9 Å². The van der Waals surface area contributed by atoms with E-state index in [0.29, 0.717) is 5.56 Å². The molecule has 1 heterocycles. The molecule has 1 atom stereocenters. The van der Waals surface area contributed by atoms with Crippen molar-refractivity contribution in [1.82, 2.24) is 25.1 Å². The maximum Gasteiger partial charge on any atom is 0.254 e. The summed E-state index contributed by atoms with van der Waals surface area (Å²) in [5.41, 5.74) is 4.25. The lowest BCUT2D eigenvalue weighted by atomic mass is 9.87. The first kappa shape index (κ1) is 17.4. The molecule has 1 aromatic heterocycles. The predicted octanol–water partition coefficient (Wildman–Crippen LogP) is 3.07. The van der Waals surface area contributed by atoms with Crippen LogP contribution in [0.15, 0.2) is 54.9 Å². The van der Waals surface area contributed by atoms with Crippen molar-refractivity contribution in [3.05, 3.63) is 71.5 Å². The molecule has 0 spiro atoms. The first-order chi connectivity index (χ1) is 13.3. The highest BCUT2D eigenvalue weighted by Gasteiger charge is 2.28. The van der Waals surface area contributed by atoms with Gasteiger partial charge in [-0.3, -0.25) is 4.79 Å². The Morgan fingerprint density at radius 3 is 2.81 bits per heavy atom. The summed E-state index contributed by atoms with van der Waals surface area (Å²) in [7, 11) is 0. The third kappa shape index (κ3) is 3.60. The average molecular weight is 361 g/mol. The van der Waals surface area contributed by atoms with Gasteiger partial charge in [-0.1, -0.05) is 37.3 Å². The number of carbonyl (C=O) groups is 1. The number of hydrogen-bond acceptors (Lipinski definition) is 4. The summed E-state index contributed by atoms with van der Waals surface area (Å²) in [6.45, 7) is 2.88. The molecule has 0 N–H and O–H groups in total. The molecule has 27 heavy (non-hydrogen) atoms. The smallest absolute Gasteiger partial charge is 0.254 e. The number of nitrogens with zero attached hydrogens (tertiary/aromatic N) is 5. The summed E-state index contributed by atoms with van der Waals surface area (Å²) in [5, 5.41) is 11.3. The van der Waals surface area contributed by atoms with Crippen LogP contribution in [-0.4, -0.2) is 43.6 Å². The van der Waals surface area contributed by atoms with Gasteiger partial charge in [0.05, 0.1) is 5.69 Å². The number of hydrogen-bond donors (Lipinski definition) is 0. The highest BCUT2D eigenvalue weighted by atomic mass is 16.2. The fourth-order valence-electron chi connectivity index (χ4n) is 3.86. The Labute approximate surface area is 158 Å². The third-order valence-corrected chi connectivity index (χ3v) is 5.19. The van der Waals surface area contributed by atoms with Gasteiger partial charge >= 0.3 is 0 Å². The van der Waals surface area contributed by atoms with Crippen LogP contribution in [0.3, 0.4) is 0 Å². The lowest BCUT2D eigenvalue weighted by molar-refractivity contribution is 0.0661. The van der Waals surface area contributed by atoms with Crippen LogP contribution in [0.2, 0.25) is 0 Å². The maximum atomic E-state index is 13.3. The van der Waals surface area contributed by atoms with Crippen molar-refractivity contribution in [2.24, 2.45) is 0 Å². The standard InChI is InChI=1S/C21H23N5O/c1-2-12-25(19-11-10-16-6-3-4-7-17(16)13-19)21(27)18-8-5-9-20(14-18)26-15-22-23-24-26/h3-9,14-15,19H,2,10-13H2,1H3. The largest absolute Gasteiger partial charge is 0.335 e. The van der Waals surface area contributed by atoms with Crippen LogP contribution in [0.4, 0.5) is 0 Å². The van der Waals surface area contributed by atoms with E-state index < -0.39 is 0 Å². The molecule has 2 aromatic carbocycles. The molecule has 1 aliphatic carbocycles. The van der Waals surface area contributed by atoms with Crippen molar-refractivity contribution in [2.75, 3.05) is 6.54 Å². The molecule has 0 bridgehead atoms. The van der Waals surface area contributed by atoms with Crippen LogP contribution < -0.4 is 0 Å². The minimum atomic E-state index is 0.0798. The molecule has 1 unspecified atom stereocenters. The molecule has 1 amide bonds. The van der Waals surface area contributed by atoms with Crippen molar-refractivity contribution in [3.63, 3.8) is 0 Å². The van der Waals surface area contributed by atoms with Crippen molar-refractivity contribution in [2.45, 2.75) is 38.6 Å². The molecule has 6 nitrogen and oxygen atoms in total. The number of amides is 1. The molecule has 0 saturated carbocycles. The zero-order valence-corrected chi connectivity index (χ0v) is 15.5. The molecule has 3 aromatic rings. The van der Waals surface area contributed by atoms with Crippen molar-refractivity contribution in [1.29, 1.82) is 0 Å². The monoisotopic (exact) mass is 361 g/mol. The van der Waals surface area contributed by atoms with Gasteiger partial charge in [0, 0.05) is 18.2 Å². The van der Waals surface area contributed by atoms with Crippen LogP contribution in [0.25, 0.3) is 5.69 Å². The summed E-state index contributed by atoms with van der Waals surface area (Å²) in [6, 6.07) is 16.3. The maximum absolute atomic E-state index is 13.3. The summed E-state index contributed by atoms with van der Waals surface area (Å²) in [6.07, 6.45) is 5.44. The van der Waals surface area contributed by atoms with Gasteiger partial charge in [-0.25, -0.2) is 4.68 Å². The van der Waals surface area contributed by atoms with Gasteiger partial charge in [-0.15, -0.1) is 5.10 Å². The second-order valence-electron chi connectivity index (χ2n) is 6.97. The van der Waals surface area contributed by atoms with Crippen LogP contribution in [0, 0.1) is 0 Å². The van der Waals surface area contributed by atoms with E-state index in [9.17, 15) is 4.79 Å². The van der Waals surface area contributed by atoms with Gasteiger partial charge in [-0.05, 0) is 65.4 Å². The number of benzene rings is 2. The Kier molecular flexibility index (Phi) is 4.96. The van der Waals surface area contributed by atoms with Crippen molar-refractivity contribution in [3.8, 4) is 5.69 Å². The Morgan fingerprint density at radius 2 is 2.04 bits per heavy atom. The summed E-state index contributed by atoms with van der Waals surface area (Å²) >= 11 is 0. The number of aryl methyl sites for hydroxylation is 1. The highest BCUT2D eigenvalue weighted by molar-refractivity contribution is 5.95. The normalized spacial score (nSPS) is 16.0. The van der Waals surface area contributed by atoms with E-state index in [4.69, 9.17) is 0 Å². The van der Waals surface area contributed by atoms with Crippen LogP contribution in [0.5, 0.6) is 0 Å². The molecule has 0 saturated heterocycles. The van der Waals surface area contributed by atoms with Crippen molar-refractivity contribution < 1.29 is 4.79 Å². The van der Waals surface area contributed by atoms with Gasteiger partial charge < -0.3 is 4.90 Å². The number of rotatable bonds is 5. The fourth-order valence-corrected chi connectivity index (χ4v) is 3.86. The molecule has 0 radical (unpaired) electrons. The molecule has 6 heteroatoms. The van der Waals surface area contributed by atoms with Gasteiger partial charge in [0.1, 0.15) is 6.33 Å². The SMILES string of the molecule is CCCN(C(=O)c1cccc(-n2cnnn2)c1)C1CCc2ccccc2C1. The summed E-state index contributed by atoms with van der Waals surface area (Å²) in [5.74, 6) is 0.0798. The second kappa shape index (κ2) is 7.70. The molecule has 4 rings (SSSR count). The Bertz CT molecular complexity index is 922. The zero-order valence-electron chi connectivity index (χ0n) is 15.5. The van der Waals surface area contributed by atoms with Crippen molar-refractivity contribution >= 4 is 5.91 Å². The van der Waals surface area contributed by atoms with E-state index in [1.54, 1.807) is 4.68 Å². The number of carbonyl (C=O) groups excluding carboxylic acids is 1. The number of tetrazole rings is 1. The summed E-state index contributed by atoms with van der Waals surface area (Å²) < 4.78 is 1.57. The number of fused-ring (bicyclic) bond motifs is 1.